The Labute approximate surface area is 275 Å². The van der Waals surface area contributed by atoms with E-state index in [1.807, 2.05) is 34.6 Å². The van der Waals surface area contributed by atoms with Crippen molar-refractivity contribution < 1.29 is 32.2 Å². The van der Waals surface area contributed by atoms with Crippen molar-refractivity contribution in [1.29, 1.82) is 0 Å². The van der Waals surface area contributed by atoms with Crippen LogP contribution in [0.1, 0.15) is 100 Å². The molecule has 1 aromatic heterocycles. The lowest BCUT2D eigenvalue weighted by molar-refractivity contribution is -0.171. The molecule has 1 amide bonds. The molecule has 4 rings (SSSR count). The third-order valence-electron chi connectivity index (χ3n) is 8.28. The predicted octanol–water partition coefficient (Wildman–Crippen LogP) is 8.15. The number of aromatic nitrogens is 1. The summed E-state index contributed by atoms with van der Waals surface area (Å²) in [6.07, 6.45) is 0.510. The van der Waals surface area contributed by atoms with Crippen molar-refractivity contribution in [2.24, 2.45) is 5.41 Å². The Bertz CT molecular complexity index is 1600. The molecule has 2 heterocycles. The van der Waals surface area contributed by atoms with Gasteiger partial charge in [0.15, 0.2) is 6.10 Å². The van der Waals surface area contributed by atoms with Crippen molar-refractivity contribution in [3.63, 3.8) is 0 Å². The van der Waals surface area contributed by atoms with Gasteiger partial charge in [-0.15, -0.1) is 0 Å². The van der Waals surface area contributed by atoms with E-state index in [0.29, 0.717) is 23.4 Å². The first kappa shape index (κ1) is 35.9. The number of halogens is 3. The number of ether oxygens (including phenoxy) is 2. The summed E-state index contributed by atoms with van der Waals surface area (Å²) < 4.78 is 53.7. The fourth-order valence-corrected chi connectivity index (χ4v) is 5.84. The number of amides is 1. The SMILES string of the molecule is Cc1nc(C)c(C(OC(C)(C)C)C(=O)OC(C)C)c(N2CCC(C)(C)CC2)c1-c1ccc(C(=O)NCc2c(F)cc(F)cc2F)cc1. The lowest BCUT2D eigenvalue weighted by Crippen LogP contribution is -2.39. The molecule has 3 aromatic rings. The smallest absolute Gasteiger partial charge is 0.340 e. The summed E-state index contributed by atoms with van der Waals surface area (Å²) in [5.74, 6) is -4.22. The van der Waals surface area contributed by atoms with Crippen molar-refractivity contribution in [2.45, 2.75) is 99.5 Å². The molecule has 1 aliphatic heterocycles. The van der Waals surface area contributed by atoms with Crippen LogP contribution in [0.2, 0.25) is 0 Å². The van der Waals surface area contributed by atoms with E-state index in [4.69, 9.17) is 14.5 Å². The van der Waals surface area contributed by atoms with Crippen molar-refractivity contribution in [1.82, 2.24) is 10.3 Å². The summed E-state index contributed by atoms with van der Waals surface area (Å²) in [5.41, 5.74) is 3.83. The van der Waals surface area contributed by atoms with Crippen molar-refractivity contribution in [3.05, 3.63) is 81.9 Å². The van der Waals surface area contributed by atoms with E-state index in [-0.39, 0.29) is 17.1 Å². The molecule has 1 N–H and O–H groups in total. The number of piperidine rings is 1. The zero-order valence-corrected chi connectivity index (χ0v) is 28.8. The normalized spacial score (nSPS) is 15.5. The zero-order valence-electron chi connectivity index (χ0n) is 28.8. The Kier molecular flexibility index (Phi) is 10.7. The highest BCUT2D eigenvalue weighted by molar-refractivity contribution is 5.95. The second-order valence-corrected chi connectivity index (χ2v) is 14.3. The van der Waals surface area contributed by atoms with Crippen LogP contribution in [0.15, 0.2) is 36.4 Å². The van der Waals surface area contributed by atoms with Gasteiger partial charge in [-0.05, 0) is 84.4 Å². The summed E-state index contributed by atoms with van der Waals surface area (Å²) in [6, 6.07) is 7.99. The minimum Gasteiger partial charge on any atom is -0.461 e. The molecule has 1 aliphatic rings. The predicted molar refractivity (Wildman–Crippen MR) is 177 cm³/mol. The number of carbonyl (C=O) groups excluding carboxylic acids is 2. The molecule has 0 bridgehead atoms. The Morgan fingerprint density at radius 1 is 0.979 bits per heavy atom. The molecule has 0 radical (unpaired) electrons. The number of pyridine rings is 1. The number of anilines is 1. The van der Waals surface area contributed by atoms with Gasteiger partial charge in [0.05, 0.1) is 17.4 Å². The zero-order chi connectivity index (χ0) is 34.8. The number of hydrogen-bond donors (Lipinski definition) is 1. The van der Waals surface area contributed by atoms with Gasteiger partial charge < -0.3 is 19.7 Å². The Morgan fingerprint density at radius 2 is 1.55 bits per heavy atom. The molecule has 1 atom stereocenters. The number of hydrogen-bond acceptors (Lipinski definition) is 6. The maximum absolute atomic E-state index is 14.1. The summed E-state index contributed by atoms with van der Waals surface area (Å²) in [5, 5.41) is 2.51. The molecular formula is C37H46F3N3O4. The summed E-state index contributed by atoms with van der Waals surface area (Å²) in [4.78, 5) is 33.9. The lowest BCUT2D eigenvalue weighted by atomic mass is 9.81. The lowest BCUT2D eigenvalue weighted by Gasteiger charge is -2.41. The van der Waals surface area contributed by atoms with Crippen molar-refractivity contribution in [3.8, 4) is 11.1 Å². The van der Waals surface area contributed by atoms with E-state index in [1.54, 1.807) is 38.1 Å². The van der Waals surface area contributed by atoms with Crippen LogP contribution in [0.4, 0.5) is 18.9 Å². The summed E-state index contributed by atoms with van der Waals surface area (Å²) >= 11 is 0. The average molecular weight is 654 g/mol. The highest BCUT2D eigenvalue weighted by atomic mass is 19.1. The van der Waals surface area contributed by atoms with E-state index in [0.717, 1.165) is 48.4 Å². The van der Waals surface area contributed by atoms with Crippen LogP contribution in [0.3, 0.4) is 0 Å². The number of aryl methyl sites for hydroxylation is 2. The second-order valence-electron chi connectivity index (χ2n) is 14.3. The van der Waals surface area contributed by atoms with Crippen LogP contribution >= 0.6 is 0 Å². The number of nitrogens with one attached hydrogen (secondary N) is 1. The fraction of sp³-hybridized carbons (Fsp3) is 0.486. The van der Waals surface area contributed by atoms with Gasteiger partial charge in [0.2, 0.25) is 0 Å². The minimum absolute atomic E-state index is 0.167. The molecule has 47 heavy (non-hydrogen) atoms. The minimum atomic E-state index is -1.07. The number of carbonyl (C=O) groups is 2. The molecule has 7 nitrogen and oxygen atoms in total. The molecular weight excluding hydrogens is 607 g/mol. The van der Waals surface area contributed by atoms with Crippen LogP contribution in [0, 0.1) is 36.7 Å². The molecule has 0 spiro atoms. The average Bonchev–Trinajstić information content (AvgIpc) is 2.94. The molecule has 10 heteroatoms. The first-order chi connectivity index (χ1) is 21.9. The quantitative estimate of drug-likeness (QED) is 0.235. The van der Waals surface area contributed by atoms with E-state index < -0.39 is 53.1 Å². The first-order valence-electron chi connectivity index (χ1n) is 16.0. The largest absolute Gasteiger partial charge is 0.461 e. The molecule has 2 aromatic carbocycles. The standard InChI is InChI=1S/C37H46F3N3O4/c1-21(2)46-35(45)33(47-36(5,6)7)31-23(4)42-22(3)30(32(31)43-16-14-37(8,9)15-17-43)24-10-12-25(13-11-24)34(44)41-20-27-28(39)18-26(38)19-29(27)40/h10-13,18-19,21,33H,14-17,20H2,1-9H3,(H,41,44). The third-order valence-corrected chi connectivity index (χ3v) is 8.28. The molecule has 1 fully saturated rings. The first-order valence-corrected chi connectivity index (χ1v) is 16.0. The molecule has 1 unspecified atom stereocenters. The topological polar surface area (TPSA) is 80.8 Å². The van der Waals surface area contributed by atoms with E-state index in [9.17, 15) is 22.8 Å². The fourth-order valence-electron chi connectivity index (χ4n) is 5.84. The number of esters is 1. The Balaban J connectivity index is 1.78. The van der Waals surface area contributed by atoms with Gasteiger partial charge in [0, 0.05) is 65.4 Å². The third kappa shape index (κ3) is 8.71. The van der Waals surface area contributed by atoms with Crippen LogP contribution in [0.5, 0.6) is 0 Å². The van der Waals surface area contributed by atoms with Crippen molar-refractivity contribution in [2.75, 3.05) is 18.0 Å². The summed E-state index contributed by atoms with van der Waals surface area (Å²) in [6.45, 7) is 18.7. The number of rotatable bonds is 9. The van der Waals surface area contributed by atoms with Gasteiger partial charge in [-0.1, -0.05) is 26.0 Å². The van der Waals surface area contributed by atoms with Crippen LogP contribution in [-0.2, 0) is 20.8 Å². The van der Waals surface area contributed by atoms with Gasteiger partial charge in [0.1, 0.15) is 17.5 Å². The maximum Gasteiger partial charge on any atom is 0.340 e. The highest BCUT2D eigenvalue weighted by Gasteiger charge is 2.37. The van der Waals surface area contributed by atoms with Crippen molar-refractivity contribution >= 4 is 17.6 Å². The number of benzene rings is 2. The van der Waals surface area contributed by atoms with E-state index >= 15 is 0 Å². The van der Waals surface area contributed by atoms with Gasteiger partial charge in [-0.2, -0.15) is 0 Å². The Hall–Kier alpha value is -3.92. The summed E-state index contributed by atoms with van der Waals surface area (Å²) in [7, 11) is 0. The van der Waals surface area contributed by atoms with Gasteiger partial charge in [0.25, 0.3) is 5.91 Å². The monoisotopic (exact) mass is 653 g/mol. The molecule has 0 saturated carbocycles. The molecule has 254 valence electrons. The van der Waals surface area contributed by atoms with Crippen LogP contribution in [-0.4, -0.2) is 41.7 Å². The maximum atomic E-state index is 14.1. The second kappa shape index (κ2) is 14.1. The highest BCUT2D eigenvalue weighted by Crippen LogP contribution is 2.45. The van der Waals surface area contributed by atoms with E-state index in [2.05, 4.69) is 24.1 Å². The van der Waals surface area contributed by atoms with Gasteiger partial charge >= 0.3 is 5.97 Å². The molecule has 1 saturated heterocycles. The van der Waals surface area contributed by atoms with E-state index in [1.165, 1.54) is 0 Å². The number of nitrogens with zero attached hydrogens (tertiary/aromatic N) is 2. The van der Waals surface area contributed by atoms with Crippen LogP contribution in [0.25, 0.3) is 11.1 Å². The molecule has 0 aliphatic carbocycles. The Morgan fingerprint density at radius 3 is 2.09 bits per heavy atom. The van der Waals surface area contributed by atoms with Gasteiger partial charge in [-0.25, -0.2) is 18.0 Å². The van der Waals surface area contributed by atoms with Gasteiger partial charge in [-0.3, -0.25) is 9.78 Å². The van der Waals surface area contributed by atoms with Crippen LogP contribution < -0.4 is 10.2 Å².